The molecule has 0 aliphatic heterocycles. The van der Waals surface area contributed by atoms with Gasteiger partial charge in [0.2, 0.25) is 5.96 Å². The lowest BCUT2D eigenvalue weighted by molar-refractivity contribution is 0.482. The molecule has 1 heterocycles. The van der Waals surface area contributed by atoms with Crippen LogP contribution in [-0.2, 0) is 6.42 Å². The Morgan fingerprint density at radius 1 is 1.62 bits per heavy atom. The summed E-state index contributed by atoms with van der Waals surface area (Å²) in [5, 5.41) is 13.9. The Morgan fingerprint density at radius 2 is 2.50 bits per heavy atom. The molecule has 0 radical (unpaired) electrons. The molecular formula is C10H15N5O. The Kier molecular flexibility index (Phi) is 5.48. The molecule has 1 aromatic rings. The van der Waals surface area contributed by atoms with Gasteiger partial charge in [0.15, 0.2) is 12.1 Å². The molecule has 0 unspecified atom stereocenters. The van der Waals surface area contributed by atoms with Crippen molar-refractivity contribution >= 4 is 5.96 Å². The molecule has 0 fully saturated rings. The highest BCUT2D eigenvalue weighted by Gasteiger charge is 1.98. The van der Waals surface area contributed by atoms with Crippen LogP contribution in [0.1, 0.15) is 18.7 Å². The van der Waals surface area contributed by atoms with Crippen molar-refractivity contribution in [3.8, 4) is 6.19 Å². The zero-order valence-corrected chi connectivity index (χ0v) is 9.23. The van der Waals surface area contributed by atoms with E-state index in [2.05, 4.69) is 20.6 Å². The van der Waals surface area contributed by atoms with Gasteiger partial charge in [0, 0.05) is 20.0 Å². The number of nitriles is 1. The van der Waals surface area contributed by atoms with Crippen LogP contribution >= 0.6 is 0 Å². The SMILES string of the molecule is CN=C(NC#N)NCCCCc1ncco1. The fourth-order valence-corrected chi connectivity index (χ4v) is 1.22. The van der Waals surface area contributed by atoms with Crippen molar-refractivity contribution in [2.75, 3.05) is 13.6 Å². The van der Waals surface area contributed by atoms with Crippen LogP contribution in [0.4, 0.5) is 0 Å². The summed E-state index contributed by atoms with van der Waals surface area (Å²) in [6.07, 6.45) is 7.82. The average molecular weight is 221 g/mol. The molecule has 2 N–H and O–H groups in total. The number of unbranched alkanes of at least 4 members (excludes halogenated alkanes) is 1. The number of aryl methyl sites for hydroxylation is 1. The number of nitrogens with zero attached hydrogens (tertiary/aromatic N) is 3. The molecule has 0 spiro atoms. The Labute approximate surface area is 94.4 Å². The monoisotopic (exact) mass is 221 g/mol. The third-order valence-corrected chi connectivity index (χ3v) is 1.99. The fraction of sp³-hybridized carbons (Fsp3) is 0.500. The molecule has 0 amide bonds. The number of hydrogen-bond donors (Lipinski definition) is 2. The molecule has 0 aliphatic carbocycles. The predicted molar refractivity (Wildman–Crippen MR) is 59.6 cm³/mol. The number of guanidine groups is 1. The van der Waals surface area contributed by atoms with Crippen LogP contribution in [0.2, 0.25) is 0 Å². The van der Waals surface area contributed by atoms with Crippen molar-refractivity contribution < 1.29 is 4.42 Å². The van der Waals surface area contributed by atoms with Gasteiger partial charge in [-0.25, -0.2) is 4.98 Å². The minimum atomic E-state index is 0.499. The van der Waals surface area contributed by atoms with E-state index in [1.165, 1.54) is 0 Å². The van der Waals surface area contributed by atoms with Gasteiger partial charge >= 0.3 is 0 Å². The van der Waals surface area contributed by atoms with E-state index >= 15 is 0 Å². The van der Waals surface area contributed by atoms with Gasteiger partial charge in [-0.3, -0.25) is 10.3 Å². The minimum absolute atomic E-state index is 0.499. The molecule has 6 nitrogen and oxygen atoms in total. The number of aliphatic imine (C=N–C) groups is 1. The molecule has 0 saturated carbocycles. The number of rotatable bonds is 5. The molecule has 1 aromatic heterocycles. The number of oxazole rings is 1. The van der Waals surface area contributed by atoms with Gasteiger partial charge in [-0.05, 0) is 12.8 Å². The van der Waals surface area contributed by atoms with Crippen molar-refractivity contribution in [2.24, 2.45) is 4.99 Å². The second-order valence-electron chi connectivity index (χ2n) is 3.12. The molecule has 6 heteroatoms. The lowest BCUT2D eigenvalue weighted by atomic mass is 10.2. The van der Waals surface area contributed by atoms with Gasteiger partial charge in [0.1, 0.15) is 6.26 Å². The standard InChI is InChI=1S/C10H15N5O/c1-12-10(15-8-11)14-5-3-2-4-9-13-6-7-16-9/h6-7H,2-5H2,1H3,(H2,12,14,15). The second-order valence-corrected chi connectivity index (χ2v) is 3.12. The number of hydrogen-bond acceptors (Lipinski definition) is 4. The zero-order valence-electron chi connectivity index (χ0n) is 9.23. The van der Waals surface area contributed by atoms with Crippen molar-refractivity contribution in [1.29, 1.82) is 5.26 Å². The van der Waals surface area contributed by atoms with Crippen LogP contribution in [0.25, 0.3) is 0 Å². The largest absolute Gasteiger partial charge is 0.449 e. The highest BCUT2D eigenvalue weighted by atomic mass is 16.3. The Bertz CT molecular complexity index is 352. The zero-order chi connectivity index (χ0) is 11.6. The quantitative estimate of drug-likeness (QED) is 0.250. The summed E-state index contributed by atoms with van der Waals surface area (Å²) >= 11 is 0. The van der Waals surface area contributed by atoms with Crippen molar-refractivity contribution in [3.05, 3.63) is 18.4 Å². The molecule has 0 aliphatic rings. The van der Waals surface area contributed by atoms with E-state index in [4.69, 9.17) is 9.68 Å². The summed E-state index contributed by atoms with van der Waals surface area (Å²) in [4.78, 5) is 7.89. The molecule has 0 bridgehead atoms. The highest BCUT2D eigenvalue weighted by molar-refractivity contribution is 5.80. The minimum Gasteiger partial charge on any atom is -0.449 e. The lowest BCUT2D eigenvalue weighted by Gasteiger charge is -2.05. The molecular weight excluding hydrogens is 206 g/mol. The third kappa shape index (κ3) is 4.46. The summed E-state index contributed by atoms with van der Waals surface area (Å²) in [5.41, 5.74) is 0. The van der Waals surface area contributed by atoms with Gasteiger partial charge in [-0.2, -0.15) is 5.26 Å². The summed E-state index contributed by atoms with van der Waals surface area (Å²) in [6, 6.07) is 0. The summed E-state index contributed by atoms with van der Waals surface area (Å²) in [5.74, 6) is 1.26. The van der Waals surface area contributed by atoms with E-state index < -0.39 is 0 Å². The van der Waals surface area contributed by atoms with Crippen LogP contribution in [0.3, 0.4) is 0 Å². The van der Waals surface area contributed by atoms with Crippen LogP contribution in [0.15, 0.2) is 21.9 Å². The molecule has 16 heavy (non-hydrogen) atoms. The van der Waals surface area contributed by atoms with E-state index in [9.17, 15) is 0 Å². The molecule has 1 rings (SSSR count). The average Bonchev–Trinajstić information content (AvgIpc) is 2.80. The second kappa shape index (κ2) is 7.29. The third-order valence-electron chi connectivity index (χ3n) is 1.99. The van der Waals surface area contributed by atoms with Crippen LogP contribution in [0.5, 0.6) is 0 Å². The Balaban J connectivity index is 2.06. The fourth-order valence-electron chi connectivity index (χ4n) is 1.22. The maximum Gasteiger partial charge on any atom is 0.204 e. The number of nitrogens with one attached hydrogen (secondary N) is 2. The van der Waals surface area contributed by atoms with Gasteiger partial charge in [-0.15, -0.1) is 0 Å². The van der Waals surface area contributed by atoms with Crippen LogP contribution in [0, 0.1) is 11.5 Å². The topological polar surface area (TPSA) is 86.2 Å². The first-order valence-corrected chi connectivity index (χ1v) is 5.11. The first kappa shape index (κ1) is 12.0. The van der Waals surface area contributed by atoms with Crippen LogP contribution in [-0.4, -0.2) is 24.5 Å². The smallest absolute Gasteiger partial charge is 0.204 e. The summed E-state index contributed by atoms with van der Waals surface area (Å²) in [7, 11) is 1.62. The first-order chi connectivity index (χ1) is 7.86. The van der Waals surface area contributed by atoms with E-state index in [-0.39, 0.29) is 0 Å². The summed E-state index contributed by atoms with van der Waals surface area (Å²) in [6.45, 7) is 0.766. The van der Waals surface area contributed by atoms with Gasteiger partial charge in [0.05, 0.1) is 6.20 Å². The molecule has 0 atom stereocenters. The van der Waals surface area contributed by atoms with E-state index in [0.29, 0.717) is 5.96 Å². The van der Waals surface area contributed by atoms with E-state index in [0.717, 1.165) is 31.7 Å². The predicted octanol–water partition coefficient (Wildman–Crippen LogP) is 0.643. The normalized spacial score (nSPS) is 10.9. The van der Waals surface area contributed by atoms with Crippen molar-refractivity contribution in [2.45, 2.75) is 19.3 Å². The van der Waals surface area contributed by atoms with Crippen LogP contribution < -0.4 is 10.6 Å². The summed E-state index contributed by atoms with van der Waals surface area (Å²) < 4.78 is 5.11. The molecule has 0 aromatic carbocycles. The Morgan fingerprint density at radius 3 is 3.12 bits per heavy atom. The van der Waals surface area contributed by atoms with E-state index in [1.807, 2.05) is 6.19 Å². The number of aromatic nitrogens is 1. The van der Waals surface area contributed by atoms with Crippen molar-refractivity contribution in [1.82, 2.24) is 15.6 Å². The lowest BCUT2D eigenvalue weighted by Crippen LogP contribution is -2.34. The first-order valence-electron chi connectivity index (χ1n) is 5.11. The highest BCUT2D eigenvalue weighted by Crippen LogP contribution is 2.00. The van der Waals surface area contributed by atoms with E-state index in [1.54, 1.807) is 19.5 Å². The van der Waals surface area contributed by atoms with Gasteiger partial charge in [0.25, 0.3) is 0 Å². The maximum atomic E-state index is 8.39. The van der Waals surface area contributed by atoms with Gasteiger partial charge < -0.3 is 9.73 Å². The van der Waals surface area contributed by atoms with Crippen molar-refractivity contribution in [3.63, 3.8) is 0 Å². The maximum absolute atomic E-state index is 8.39. The Hall–Kier alpha value is -2.03. The van der Waals surface area contributed by atoms with Gasteiger partial charge in [-0.1, -0.05) is 0 Å². The molecule has 86 valence electrons. The molecule has 0 saturated heterocycles.